The number of nitrogens with zero attached hydrogens (tertiary/aromatic N) is 2. The number of methoxy groups -OCH3 is 1. The van der Waals surface area contributed by atoms with Crippen molar-refractivity contribution in [2.45, 2.75) is 19.3 Å². The Balaban J connectivity index is 2.66. The van der Waals surface area contributed by atoms with E-state index in [1.165, 1.54) is 7.11 Å². The van der Waals surface area contributed by atoms with Crippen LogP contribution in [0.4, 0.5) is 5.82 Å². The smallest absolute Gasteiger partial charge is 0.341 e. The van der Waals surface area contributed by atoms with Crippen LogP contribution in [-0.2, 0) is 4.74 Å². The van der Waals surface area contributed by atoms with Crippen molar-refractivity contribution in [1.29, 1.82) is 0 Å². The summed E-state index contributed by atoms with van der Waals surface area (Å²) in [5.41, 5.74) is 0.477. The summed E-state index contributed by atoms with van der Waals surface area (Å²) in [7, 11) is 3.26. The number of hydrogen-bond donors (Lipinski definition) is 1. The van der Waals surface area contributed by atoms with Gasteiger partial charge in [0.15, 0.2) is 0 Å². The molecule has 0 fully saturated rings. The first-order valence-corrected chi connectivity index (χ1v) is 6.06. The summed E-state index contributed by atoms with van der Waals surface area (Å²) >= 11 is 0. The molecule has 100 valence electrons. The number of pyridine rings is 1. The van der Waals surface area contributed by atoms with Gasteiger partial charge < -0.3 is 14.7 Å². The molecule has 0 aromatic carbocycles. The van der Waals surface area contributed by atoms with Crippen molar-refractivity contribution in [2.75, 3.05) is 32.2 Å². The van der Waals surface area contributed by atoms with Gasteiger partial charge in [0.25, 0.3) is 0 Å². The summed E-state index contributed by atoms with van der Waals surface area (Å²) in [4.78, 5) is 17.7. The molecular formula is C13H20N2O3. The van der Waals surface area contributed by atoms with Crippen LogP contribution in [0, 0.1) is 0 Å². The Morgan fingerprint density at radius 3 is 2.89 bits per heavy atom. The molecule has 5 nitrogen and oxygen atoms in total. The summed E-state index contributed by atoms with van der Waals surface area (Å²) in [6, 6.07) is 3.42. The molecule has 0 unspecified atom stereocenters. The van der Waals surface area contributed by atoms with E-state index in [4.69, 9.17) is 9.84 Å². The van der Waals surface area contributed by atoms with E-state index in [-0.39, 0.29) is 12.6 Å². The van der Waals surface area contributed by atoms with Crippen LogP contribution in [0.3, 0.4) is 0 Å². The van der Waals surface area contributed by atoms with Gasteiger partial charge in [0, 0.05) is 26.4 Å². The second-order valence-corrected chi connectivity index (χ2v) is 4.07. The predicted octanol–water partition coefficient (Wildman–Crippen LogP) is 1.47. The number of aromatic nitrogens is 1. The number of rotatable bonds is 7. The zero-order valence-corrected chi connectivity index (χ0v) is 10.9. The van der Waals surface area contributed by atoms with E-state index in [0.29, 0.717) is 11.4 Å². The van der Waals surface area contributed by atoms with Gasteiger partial charge in [-0.05, 0) is 31.4 Å². The molecule has 0 aliphatic rings. The third kappa shape index (κ3) is 4.00. The third-order valence-electron chi connectivity index (χ3n) is 2.71. The highest BCUT2D eigenvalue weighted by Gasteiger charge is 2.15. The van der Waals surface area contributed by atoms with Crippen LogP contribution in [0.5, 0.6) is 0 Å². The number of carbonyl (C=O) groups is 1. The topological polar surface area (TPSA) is 62.7 Å². The molecule has 0 aliphatic carbocycles. The van der Waals surface area contributed by atoms with Crippen LogP contribution in [0.25, 0.3) is 0 Å². The molecule has 1 aromatic heterocycles. The summed E-state index contributed by atoms with van der Waals surface area (Å²) in [5.74, 6) is 0.258. The molecule has 1 aromatic rings. The van der Waals surface area contributed by atoms with Crippen molar-refractivity contribution < 1.29 is 14.6 Å². The fourth-order valence-corrected chi connectivity index (χ4v) is 1.71. The largest absolute Gasteiger partial charge is 0.465 e. The molecule has 1 heterocycles. The van der Waals surface area contributed by atoms with Crippen molar-refractivity contribution in [3.05, 3.63) is 23.9 Å². The zero-order valence-electron chi connectivity index (χ0n) is 10.9. The maximum Gasteiger partial charge on any atom is 0.341 e. The average Bonchev–Trinajstić information content (AvgIpc) is 2.42. The fourth-order valence-electron chi connectivity index (χ4n) is 1.71. The molecule has 0 radical (unpaired) electrons. The van der Waals surface area contributed by atoms with Crippen LogP contribution < -0.4 is 4.90 Å². The minimum Gasteiger partial charge on any atom is -0.465 e. The molecule has 0 saturated heterocycles. The van der Waals surface area contributed by atoms with Crippen molar-refractivity contribution >= 4 is 11.8 Å². The minimum atomic E-state index is -0.375. The van der Waals surface area contributed by atoms with E-state index in [9.17, 15) is 4.79 Å². The van der Waals surface area contributed by atoms with Crippen molar-refractivity contribution in [3.63, 3.8) is 0 Å². The SMILES string of the molecule is COC(=O)c1cccnc1N(C)CCCCCO. The molecule has 0 aliphatic heterocycles. The highest BCUT2D eigenvalue weighted by atomic mass is 16.5. The monoisotopic (exact) mass is 252 g/mol. The van der Waals surface area contributed by atoms with E-state index < -0.39 is 0 Å². The van der Waals surface area contributed by atoms with E-state index in [2.05, 4.69) is 4.98 Å². The van der Waals surface area contributed by atoms with Crippen LogP contribution in [0.1, 0.15) is 29.6 Å². The van der Waals surface area contributed by atoms with Crippen molar-refractivity contribution in [1.82, 2.24) is 4.98 Å². The number of carbonyl (C=O) groups excluding carboxylic acids is 1. The lowest BCUT2D eigenvalue weighted by molar-refractivity contribution is 0.0601. The molecule has 0 amide bonds. The summed E-state index contributed by atoms with van der Waals surface area (Å²) in [6.07, 6.45) is 4.38. The maximum absolute atomic E-state index is 11.6. The standard InChI is InChI=1S/C13H20N2O3/c1-15(9-4-3-5-10-16)12-11(13(17)18-2)7-6-8-14-12/h6-8,16H,3-5,9-10H2,1-2H3. The number of esters is 1. The fraction of sp³-hybridized carbons (Fsp3) is 0.538. The minimum absolute atomic E-state index is 0.223. The van der Waals surface area contributed by atoms with Gasteiger partial charge in [0.05, 0.1) is 7.11 Å². The molecule has 0 bridgehead atoms. The molecule has 0 atom stereocenters. The number of unbranched alkanes of at least 4 members (excludes halogenated alkanes) is 2. The van der Waals surface area contributed by atoms with Gasteiger partial charge >= 0.3 is 5.97 Å². The lowest BCUT2D eigenvalue weighted by Crippen LogP contribution is -2.22. The number of ether oxygens (including phenoxy) is 1. The quantitative estimate of drug-likeness (QED) is 0.588. The molecular weight excluding hydrogens is 232 g/mol. The van der Waals surface area contributed by atoms with Gasteiger partial charge in [-0.25, -0.2) is 9.78 Å². The predicted molar refractivity (Wildman–Crippen MR) is 69.8 cm³/mol. The first kappa shape index (κ1) is 14.4. The molecule has 1 N–H and O–H groups in total. The van der Waals surface area contributed by atoms with E-state index >= 15 is 0 Å². The average molecular weight is 252 g/mol. The normalized spacial score (nSPS) is 10.2. The molecule has 0 saturated carbocycles. The van der Waals surface area contributed by atoms with Crippen molar-refractivity contribution in [3.8, 4) is 0 Å². The van der Waals surface area contributed by atoms with Gasteiger partial charge in [-0.1, -0.05) is 0 Å². The molecule has 18 heavy (non-hydrogen) atoms. The molecule has 0 spiro atoms. The first-order chi connectivity index (χ1) is 8.70. The van der Waals surface area contributed by atoms with Crippen LogP contribution in [0.15, 0.2) is 18.3 Å². The van der Waals surface area contributed by atoms with Gasteiger partial charge in [0.2, 0.25) is 0 Å². The summed E-state index contributed by atoms with van der Waals surface area (Å²) in [5, 5.41) is 8.71. The zero-order chi connectivity index (χ0) is 13.4. The Morgan fingerprint density at radius 2 is 2.22 bits per heavy atom. The van der Waals surface area contributed by atoms with Gasteiger partial charge in [-0.15, -0.1) is 0 Å². The highest BCUT2D eigenvalue weighted by molar-refractivity contribution is 5.94. The number of aliphatic hydroxyl groups excluding tert-OH is 1. The third-order valence-corrected chi connectivity index (χ3v) is 2.71. The number of anilines is 1. The molecule has 5 heteroatoms. The van der Waals surface area contributed by atoms with Crippen molar-refractivity contribution in [2.24, 2.45) is 0 Å². The second kappa shape index (κ2) is 7.66. The lowest BCUT2D eigenvalue weighted by Gasteiger charge is -2.20. The molecule has 1 rings (SSSR count). The number of aliphatic hydroxyl groups is 1. The highest BCUT2D eigenvalue weighted by Crippen LogP contribution is 2.17. The second-order valence-electron chi connectivity index (χ2n) is 4.07. The lowest BCUT2D eigenvalue weighted by atomic mass is 10.2. The summed E-state index contributed by atoms with van der Waals surface area (Å²) < 4.78 is 4.73. The Kier molecular flexibility index (Phi) is 6.14. The Bertz CT molecular complexity index is 382. The first-order valence-electron chi connectivity index (χ1n) is 6.06. The number of hydrogen-bond acceptors (Lipinski definition) is 5. The Labute approximate surface area is 107 Å². The van der Waals surface area contributed by atoms with E-state index in [1.54, 1.807) is 18.3 Å². The van der Waals surface area contributed by atoms with Crippen LogP contribution in [-0.4, -0.2) is 43.4 Å². The Morgan fingerprint density at radius 1 is 1.44 bits per heavy atom. The van der Waals surface area contributed by atoms with E-state index in [0.717, 1.165) is 25.8 Å². The summed E-state index contributed by atoms with van der Waals surface area (Å²) in [6.45, 7) is 1.02. The maximum atomic E-state index is 11.6. The Hall–Kier alpha value is -1.62. The van der Waals surface area contributed by atoms with Gasteiger partial charge in [0.1, 0.15) is 11.4 Å². The van der Waals surface area contributed by atoms with E-state index in [1.807, 2.05) is 11.9 Å². The van der Waals surface area contributed by atoms with Gasteiger partial charge in [-0.2, -0.15) is 0 Å². The van der Waals surface area contributed by atoms with Gasteiger partial charge in [-0.3, -0.25) is 0 Å². The van der Waals surface area contributed by atoms with Crippen LogP contribution >= 0.6 is 0 Å². The van der Waals surface area contributed by atoms with Crippen LogP contribution in [0.2, 0.25) is 0 Å².